The smallest absolute Gasteiger partial charge is 0.431 e. The minimum Gasteiger partial charge on any atom is -0.573 e. The molecule has 18 rings (SSSR count). The molecule has 0 saturated carbocycles. The topological polar surface area (TPSA) is 297 Å². The first kappa shape index (κ1) is 115. The molecule has 5 aromatic carbocycles. The number of nitrogens with zero attached hydrogens (tertiary/aromatic N) is 17. The summed E-state index contributed by atoms with van der Waals surface area (Å²) in [4.78, 5) is 61.4. The number of aromatic carboxylic acids is 2. The van der Waals surface area contributed by atoms with E-state index in [0.29, 0.717) is 28.5 Å². The van der Waals surface area contributed by atoms with Gasteiger partial charge in [0, 0.05) is 227 Å². The maximum atomic E-state index is 13.2. The fourth-order valence-electron chi connectivity index (χ4n) is 10.00. The number of aryl methyl sites for hydroxylation is 1. The summed E-state index contributed by atoms with van der Waals surface area (Å²) in [5.74, 6) is -9.50. The third kappa shape index (κ3) is 38.0. The maximum absolute atomic E-state index is 13.2. The fourth-order valence-corrected chi connectivity index (χ4v) is 10.00. The van der Waals surface area contributed by atoms with Gasteiger partial charge in [0.15, 0.2) is 0 Å². The van der Waals surface area contributed by atoms with Gasteiger partial charge in [-0.05, 0) is 131 Å². The normalized spacial score (nSPS) is 9.94. The van der Waals surface area contributed by atoms with E-state index in [0.717, 1.165) is 83.2 Å². The van der Waals surface area contributed by atoms with E-state index in [1.807, 2.05) is 37.3 Å². The summed E-state index contributed by atoms with van der Waals surface area (Å²) in [5.41, 5.74) is 5.34. The summed E-state index contributed by atoms with van der Waals surface area (Å²) in [6.45, 7) is 2.02. The Hall–Kier alpha value is -14.0. The van der Waals surface area contributed by atoms with E-state index in [2.05, 4.69) is 117 Å². The van der Waals surface area contributed by atoms with Crippen LogP contribution in [0.3, 0.4) is 0 Å². The van der Waals surface area contributed by atoms with Crippen molar-refractivity contribution in [3.8, 4) is 90.6 Å². The van der Waals surface area contributed by atoms with Gasteiger partial charge in [0.25, 0.3) is 0 Å². The Balaban J connectivity index is 0.000000318. The van der Waals surface area contributed by atoms with E-state index in [-0.39, 0.29) is 157 Å². The van der Waals surface area contributed by atoms with E-state index >= 15 is 0 Å². The first-order valence-corrected chi connectivity index (χ1v) is 37.4. The number of carbonyl (C=O) groups is 2. The summed E-state index contributed by atoms with van der Waals surface area (Å²) in [6, 6.07) is 76.0. The molecule has 137 heavy (non-hydrogen) atoms. The van der Waals surface area contributed by atoms with Crippen molar-refractivity contribution in [1.82, 2.24) is 85.0 Å². The third-order valence-corrected chi connectivity index (χ3v) is 15.9. The first-order valence-electron chi connectivity index (χ1n) is 37.4. The molecule has 2 N–H and O–H groups in total. The quantitative estimate of drug-likeness (QED) is 0.0690. The zero-order valence-electron chi connectivity index (χ0n) is 69.4. The molecular formula is C94H59F16Ir5N17O5-8. The van der Waals surface area contributed by atoms with Crippen LogP contribution in [-0.4, -0.2) is 104 Å². The van der Waals surface area contributed by atoms with E-state index in [9.17, 15) is 79.8 Å². The summed E-state index contributed by atoms with van der Waals surface area (Å²) in [5, 5.41) is 33.2. The molecule has 0 aliphatic heterocycles. The molecular weight excluding hydrogens is 2710 g/mol. The predicted octanol–water partition coefficient (Wildman–Crippen LogP) is 20.7. The zero-order valence-corrected chi connectivity index (χ0v) is 81.4. The average Bonchev–Trinajstić information content (AvgIpc) is 1.62. The molecule has 0 fully saturated rings. The molecule has 0 spiro atoms. The Bertz CT molecular complexity index is 6120. The number of carboxylic acid groups (broad SMARTS) is 2. The van der Waals surface area contributed by atoms with Gasteiger partial charge in [0.2, 0.25) is 0 Å². The van der Waals surface area contributed by atoms with Crippen molar-refractivity contribution >= 4 is 11.9 Å². The molecule has 0 aliphatic carbocycles. The SMILES string of the molecule is COc1cc(C)c[c-]c1-c1ccccn1.FC(F)(F)c1cc(-c2ccccn2)[n-]n1.FC(F)(F)c1n[n-]c(-c2ccccn2)n1.Fc1c[c-]c(-c2ccccn2)c(F)c1.Fc1c[c-]c(-c2ccccn2)c(F)c1.Fc1c[c-]c(-c2ccccn2)c(F)c1.Fc1c[c-]c(-c2ccccn2)c(F)n1.Fc1c[c-]c(-n2cccn2)c(F)c1.O=C(O)c1ccccn1.O=C(O)c1ccccn1.[Ir].[Ir].[Ir].[Ir].[Ir]. The van der Waals surface area contributed by atoms with Gasteiger partial charge in [0.1, 0.15) is 34.8 Å². The van der Waals surface area contributed by atoms with Crippen molar-refractivity contribution in [2.45, 2.75) is 19.3 Å². The van der Waals surface area contributed by atoms with E-state index < -0.39 is 94.2 Å². The number of pyridine rings is 10. The largest absolute Gasteiger partial charge is 0.573 e. The Labute approximate surface area is 837 Å². The monoisotopic (exact) mass is 2770 g/mol. The Morgan fingerprint density at radius 3 is 1.04 bits per heavy atom. The molecule has 22 nitrogen and oxygen atoms in total. The van der Waals surface area contributed by atoms with Crippen LogP contribution >= 0.6 is 0 Å². The summed E-state index contributed by atoms with van der Waals surface area (Å²) >= 11 is 0. The van der Waals surface area contributed by atoms with E-state index in [1.54, 1.807) is 172 Å². The van der Waals surface area contributed by atoms with Crippen LogP contribution in [0, 0.1) is 102 Å². The van der Waals surface area contributed by atoms with Crippen molar-refractivity contribution in [3.05, 3.63) is 434 Å². The molecule has 0 bridgehead atoms. The van der Waals surface area contributed by atoms with Crippen LogP contribution in [0.15, 0.2) is 311 Å². The number of aromatic nitrogens is 17. The first-order chi connectivity index (χ1) is 63.4. The minimum absolute atomic E-state index is 0. The van der Waals surface area contributed by atoms with Crippen LogP contribution < -0.4 is 14.9 Å². The second kappa shape index (κ2) is 59.0. The second-order valence-electron chi connectivity index (χ2n) is 25.2. The Morgan fingerprint density at radius 1 is 0.365 bits per heavy atom. The number of benzene rings is 5. The van der Waals surface area contributed by atoms with Gasteiger partial charge >= 0.3 is 24.3 Å². The van der Waals surface area contributed by atoms with Crippen molar-refractivity contribution in [1.29, 1.82) is 0 Å². The van der Waals surface area contributed by atoms with Crippen LogP contribution in [0.4, 0.5) is 70.2 Å². The molecule has 715 valence electrons. The van der Waals surface area contributed by atoms with E-state index in [1.165, 1.54) is 60.1 Å². The maximum Gasteiger partial charge on any atom is 0.431 e. The van der Waals surface area contributed by atoms with Gasteiger partial charge in [-0.25, -0.2) is 28.3 Å². The third-order valence-electron chi connectivity index (χ3n) is 15.9. The summed E-state index contributed by atoms with van der Waals surface area (Å²) in [7, 11) is 1.66. The van der Waals surface area contributed by atoms with E-state index in [4.69, 9.17) is 14.9 Å². The number of methoxy groups -OCH3 is 1. The molecule has 43 heteroatoms. The van der Waals surface area contributed by atoms with Crippen molar-refractivity contribution < 1.29 is 195 Å². The molecule has 0 amide bonds. The van der Waals surface area contributed by atoms with Gasteiger partial charge in [-0.2, -0.15) is 37.5 Å². The second-order valence-corrected chi connectivity index (χ2v) is 25.2. The predicted molar refractivity (Wildman–Crippen MR) is 445 cm³/mol. The van der Waals surface area contributed by atoms with Gasteiger partial charge in [-0.3, -0.25) is 59.9 Å². The number of halogens is 16. The molecule has 13 heterocycles. The molecule has 0 atom stereocenters. The van der Waals surface area contributed by atoms with Gasteiger partial charge in [0.05, 0.1) is 12.8 Å². The average molecular weight is 2770 g/mol. The van der Waals surface area contributed by atoms with Crippen molar-refractivity contribution in [2.24, 2.45) is 0 Å². The van der Waals surface area contributed by atoms with Crippen LogP contribution in [0.1, 0.15) is 38.1 Å². The number of hydrogen-bond donors (Lipinski definition) is 2. The molecule has 18 aromatic rings. The number of hydrogen-bond acceptors (Lipinski definition) is 17. The van der Waals surface area contributed by atoms with Crippen molar-refractivity contribution in [2.75, 3.05) is 7.11 Å². The molecule has 13 aromatic heterocycles. The number of carboxylic acids is 2. The molecule has 0 aliphatic rings. The molecule has 0 saturated heterocycles. The summed E-state index contributed by atoms with van der Waals surface area (Å²) in [6.07, 6.45) is 7.80. The van der Waals surface area contributed by atoms with Crippen LogP contribution in [0.5, 0.6) is 5.75 Å². The van der Waals surface area contributed by atoms with Crippen LogP contribution in [0.25, 0.3) is 84.9 Å². The number of ether oxygens (including phenoxy) is 1. The Morgan fingerprint density at radius 2 is 0.723 bits per heavy atom. The molecule has 0 unspecified atom stereocenters. The summed E-state index contributed by atoms with van der Waals surface area (Å²) < 4.78 is 208. The fraction of sp³-hybridized carbons (Fsp3) is 0.0426. The zero-order chi connectivity index (χ0) is 95.0. The van der Waals surface area contributed by atoms with Gasteiger partial charge in [-0.15, -0.1) is 78.4 Å². The van der Waals surface area contributed by atoms with Gasteiger partial charge in [-0.1, -0.05) is 150 Å². The number of rotatable bonds is 11. The van der Waals surface area contributed by atoms with Crippen LogP contribution in [-0.2, 0) is 113 Å². The minimum atomic E-state index is -4.57. The van der Waals surface area contributed by atoms with Crippen molar-refractivity contribution in [3.63, 3.8) is 0 Å². The van der Waals surface area contributed by atoms with Crippen LogP contribution in [0.2, 0.25) is 0 Å². The molecule has 5 radical (unpaired) electrons. The standard InChI is InChI=1S/C13H12NO.3C11H6F2N.C10H5F2N2.C9H5F3N3.C9H5F2N2.C8H4F3N4.2C6H5NO2.5Ir/c1-10-6-7-11(13(9-10)15-2)12-5-3-4-8-14-12;3*12-8-4-5-9(10(13)7-8)11-3-1-2-6-14-11;11-9-5-4-7(10(12)14-9)8-3-1-2-6-13-8;10-9(11,12)8-5-7(14-15-8)6-3-1-2-4-13-6;10-7-2-3-9(8(11)6-7)13-5-1-4-12-13;9-8(10,11)7-13-6(14-15-7)5-3-1-2-4-12-5;2*8-6(9)5-3-1-2-4-7-5;;;;;/h3-6,8-9H,1-2H3;3*1-4,6-7H;1-3,5-6H;1-5H;1-2,4-6H;1-4H;2*1-4H,(H,8,9);;;;;/q8*-1;;;;;;;. The Kier molecular flexibility index (Phi) is 49.7. The number of alkyl halides is 6. The van der Waals surface area contributed by atoms with Gasteiger partial charge < -0.3 is 60.1 Å².